The molecule has 0 amide bonds. The average Bonchev–Trinajstić information content (AvgIpc) is 2.94. The maximum Gasteiger partial charge on any atom is 0.156 e. The fourth-order valence-corrected chi connectivity index (χ4v) is 3.72. The molecule has 6 heteroatoms. The molecule has 24 heavy (non-hydrogen) atoms. The van der Waals surface area contributed by atoms with Crippen LogP contribution >= 0.6 is 23.2 Å². The van der Waals surface area contributed by atoms with Gasteiger partial charge in [0.15, 0.2) is 5.75 Å². The van der Waals surface area contributed by atoms with Crippen molar-refractivity contribution in [1.82, 2.24) is 15.1 Å². The quantitative estimate of drug-likeness (QED) is 0.813. The molecule has 130 valence electrons. The molecular formula is C18H23Cl2N3O. The highest BCUT2D eigenvalue weighted by atomic mass is 35.5. The zero-order valence-corrected chi connectivity index (χ0v) is 15.8. The van der Waals surface area contributed by atoms with E-state index in [-0.39, 0.29) is 6.10 Å². The van der Waals surface area contributed by atoms with Crippen LogP contribution in [-0.2, 0) is 13.0 Å². The molecule has 0 spiro atoms. The number of nitrogens with one attached hydrogen (secondary N) is 1. The molecule has 1 aromatic carbocycles. The van der Waals surface area contributed by atoms with Crippen molar-refractivity contribution < 1.29 is 4.74 Å². The highest BCUT2D eigenvalue weighted by molar-refractivity contribution is 6.37. The van der Waals surface area contributed by atoms with Crippen molar-refractivity contribution in [2.75, 3.05) is 13.1 Å². The van der Waals surface area contributed by atoms with E-state index >= 15 is 0 Å². The number of benzene rings is 1. The summed E-state index contributed by atoms with van der Waals surface area (Å²) in [5, 5.41) is 8.74. The lowest BCUT2D eigenvalue weighted by atomic mass is 10.0. The summed E-state index contributed by atoms with van der Waals surface area (Å²) in [6.45, 7) is 9.20. The number of hydrogen-bond donors (Lipinski definition) is 1. The molecule has 2 heterocycles. The zero-order chi connectivity index (χ0) is 17.3. The zero-order valence-electron chi connectivity index (χ0n) is 14.3. The SMILES string of the molecule is CCCN1CCc2[nH]nc(-c3cc(Cl)c(OC(C)C)c(Cl)c3)c2C1. The maximum absolute atomic E-state index is 6.40. The smallest absolute Gasteiger partial charge is 0.156 e. The summed E-state index contributed by atoms with van der Waals surface area (Å²) >= 11 is 12.8. The van der Waals surface area contributed by atoms with E-state index in [9.17, 15) is 0 Å². The second-order valence-corrected chi connectivity index (χ2v) is 7.31. The molecule has 0 saturated heterocycles. The predicted octanol–water partition coefficient (Wildman–Crippen LogP) is 4.94. The van der Waals surface area contributed by atoms with Crippen LogP contribution in [0.2, 0.25) is 10.0 Å². The van der Waals surface area contributed by atoms with Gasteiger partial charge in [-0.3, -0.25) is 10.00 Å². The molecule has 1 aromatic heterocycles. The molecule has 0 atom stereocenters. The van der Waals surface area contributed by atoms with E-state index in [1.54, 1.807) is 0 Å². The van der Waals surface area contributed by atoms with E-state index in [1.807, 2.05) is 26.0 Å². The van der Waals surface area contributed by atoms with Gasteiger partial charge in [-0.1, -0.05) is 30.1 Å². The van der Waals surface area contributed by atoms with Crippen LogP contribution in [0.5, 0.6) is 5.75 Å². The van der Waals surface area contributed by atoms with Gasteiger partial charge < -0.3 is 4.74 Å². The van der Waals surface area contributed by atoms with Crippen molar-refractivity contribution in [3.63, 3.8) is 0 Å². The van der Waals surface area contributed by atoms with Crippen LogP contribution in [-0.4, -0.2) is 34.3 Å². The van der Waals surface area contributed by atoms with Gasteiger partial charge in [0.1, 0.15) is 0 Å². The first-order chi connectivity index (χ1) is 11.5. The number of aromatic amines is 1. The molecule has 4 nitrogen and oxygen atoms in total. The summed E-state index contributed by atoms with van der Waals surface area (Å²) in [7, 11) is 0. The fourth-order valence-electron chi connectivity index (χ4n) is 3.14. The third-order valence-electron chi connectivity index (χ3n) is 4.18. The molecule has 0 saturated carbocycles. The lowest BCUT2D eigenvalue weighted by molar-refractivity contribution is 0.243. The first-order valence-electron chi connectivity index (χ1n) is 8.44. The largest absolute Gasteiger partial charge is 0.488 e. The fraction of sp³-hybridized carbons (Fsp3) is 0.500. The van der Waals surface area contributed by atoms with Crippen LogP contribution in [0, 0.1) is 0 Å². The summed E-state index contributed by atoms with van der Waals surface area (Å²) in [6, 6.07) is 3.78. The maximum atomic E-state index is 6.40. The molecule has 0 bridgehead atoms. The first-order valence-corrected chi connectivity index (χ1v) is 9.19. The summed E-state index contributed by atoms with van der Waals surface area (Å²) < 4.78 is 5.71. The lowest BCUT2D eigenvalue weighted by Crippen LogP contribution is -2.31. The summed E-state index contributed by atoms with van der Waals surface area (Å²) in [6.07, 6.45) is 2.17. The number of aromatic nitrogens is 2. The molecule has 3 rings (SSSR count). The van der Waals surface area contributed by atoms with Gasteiger partial charge in [-0.15, -0.1) is 0 Å². The standard InChI is InChI=1S/C18H23Cl2N3O/c1-4-6-23-7-5-16-13(10-23)17(22-21-16)12-8-14(19)18(15(20)9-12)24-11(2)3/h8-9,11H,4-7,10H2,1-3H3,(H,21,22). The van der Waals surface area contributed by atoms with Crippen molar-refractivity contribution in [1.29, 1.82) is 0 Å². The number of hydrogen-bond acceptors (Lipinski definition) is 3. The van der Waals surface area contributed by atoms with E-state index in [0.717, 1.165) is 43.7 Å². The summed E-state index contributed by atoms with van der Waals surface area (Å²) in [5.41, 5.74) is 4.33. The van der Waals surface area contributed by atoms with Crippen LogP contribution in [0.4, 0.5) is 0 Å². The minimum absolute atomic E-state index is 0.0200. The minimum atomic E-state index is 0.0200. The molecule has 0 aliphatic carbocycles. The topological polar surface area (TPSA) is 41.2 Å². The number of rotatable bonds is 5. The molecule has 2 aromatic rings. The third kappa shape index (κ3) is 3.56. The van der Waals surface area contributed by atoms with E-state index < -0.39 is 0 Å². The van der Waals surface area contributed by atoms with Crippen LogP contribution in [0.25, 0.3) is 11.3 Å². The Bertz CT molecular complexity index is 704. The van der Waals surface area contributed by atoms with Gasteiger partial charge in [0.2, 0.25) is 0 Å². The predicted molar refractivity (Wildman–Crippen MR) is 99.1 cm³/mol. The van der Waals surface area contributed by atoms with E-state index in [4.69, 9.17) is 27.9 Å². The number of H-pyrrole nitrogens is 1. The Morgan fingerprint density at radius 1 is 1.29 bits per heavy atom. The molecule has 0 unspecified atom stereocenters. The van der Waals surface area contributed by atoms with Crippen LogP contribution in [0.3, 0.4) is 0 Å². The molecular weight excluding hydrogens is 345 g/mol. The van der Waals surface area contributed by atoms with Crippen molar-refractivity contribution in [3.8, 4) is 17.0 Å². The molecule has 1 aliphatic rings. The van der Waals surface area contributed by atoms with Crippen molar-refractivity contribution in [2.45, 2.75) is 46.3 Å². The van der Waals surface area contributed by atoms with Gasteiger partial charge in [-0.2, -0.15) is 5.10 Å². The van der Waals surface area contributed by atoms with Crippen LogP contribution in [0.15, 0.2) is 12.1 Å². The van der Waals surface area contributed by atoms with Crippen LogP contribution < -0.4 is 4.74 Å². The number of fused-ring (bicyclic) bond motifs is 1. The van der Waals surface area contributed by atoms with Gasteiger partial charge in [-0.05, 0) is 38.9 Å². The number of ether oxygens (including phenoxy) is 1. The molecule has 0 radical (unpaired) electrons. The van der Waals surface area contributed by atoms with Gasteiger partial charge in [-0.25, -0.2) is 0 Å². The third-order valence-corrected chi connectivity index (χ3v) is 4.74. The minimum Gasteiger partial charge on any atom is -0.488 e. The Morgan fingerprint density at radius 3 is 2.62 bits per heavy atom. The lowest BCUT2D eigenvalue weighted by Gasteiger charge is -2.26. The number of halogens is 2. The molecule has 1 aliphatic heterocycles. The Labute approximate surface area is 153 Å². The van der Waals surface area contributed by atoms with Gasteiger partial charge in [0.25, 0.3) is 0 Å². The Balaban J connectivity index is 1.95. The Hall–Kier alpha value is -1.23. The van der Waals surface area contributed by atoms with E-state index in [2.05, 4.69) is 22.0 Å². The van der Waals surface area contributed by atoms with Crippen molar-refractivity contribution in [2.24, 2.45) is 0 Å². The molecule has 1 N–H and O–H groups in total. The molecule has 0 fully saturated rings. The van der Waals surface area contributed by atoms with Crippen molar-refractivity contribution >= 4 is 23.2 Å². The summed E-state index contributed by atoms with van der Waals surface area (Å²) in [4.78, 5) is 2.46. The highest BCUT2D eigenvalue weighted by Gasteiger charge is 2.23. The average molecular weight is 368 g/mol. The normalized spacial score (nSPS) is 14.9. The van der Waals surface area contributed by atoms with Gasteiger partial charge >= 0.3 is 0 Å². The van der Waals surface area contributed by atoms with Crippen molar-refractivity contribution in [3.05, 3.63) is 33.4 Å². The second kappa shape index (κ2) is 7.34. The monoisotopic (exact) mass is 367 g/mol. The summed E-state index contributed by atoms with van der Waals surface area (Å²) in [5.74, 6) is 0.536. The van der Waals surface area contributed by atoms with Crippen LogP contribution in [0.1, 0.15) is 38.4 Å². The second-order valence-electron chi connectivity index (χ2n) is 6.49. The first kappa shape index (κ1) is 17.6. The van der Waals surface area contributed by atoms with Gasteiger partial charge in [0.05, 0.1) is 21.8 Å². The van der Waals surface area contributed by atoms with Gasteiger partial charge in [0, 0.05) is 36.3 Å². The Kier molecular flexibility index (Phi) is 5.38. The number of nitrogens with zero attached hydrogens (tertiary/aromatic N) is 2. The highest BCUT2D eigenvalue weighted by Crippen LogP contribution is 2.39. The Morgan fingerprint density at radius 2 is 2.00 bits per heavy atom. The van der Waals surface area contributed by atoms with E-state index in [0.29, 0.717) is 15.8 Å². The van der Waals surface area contributed by atoms with E-state index in [1.165, 1.54) is 11.3 Å².